The van der Waals surface area contributed by atoms with Crippen LogP contribution in [0.3, 0.4) is 0 Å². The third-order valence-electron chi connectivity index (χ3n) is 3.80. The fourth-order valence-corrected chi connectivity index (χ4v) is 3.66. The summed E-state index contributed by atoms with van der Waals surface area (Å²) >= 11 is 1.82. The van der Waals surface area contributed by atoms with Crippen LogP contribution in [-0.2, 0) is 11.8 Å². The van der Waals surface area contributed by atoms with Crippen molar-refractivity contribution < 1.29 is 0 Å². The van der Waals surface area contributed by atoms with E-state index in [0.29, 0.717) is 0 Å². The summed E-state index contributed by atoms with van der Waals surface area (Å²) in [7, 11) is 0. The zero-order valence-electron chi connectivity index (χ0n) is 15.3. The Morgan fingerprint density at radius 1 is 1.10 bits per heavy atom. The lowest BCUT2D eigenvalue weighted by atomic mass is 9.81. The zero-order valence-corrected chi connectivity index (χ0v) is 16.1. The number of hydrogen-bond donors (Lipinski definition) is 1. The molecule has 1 atom stereocenters. The van der Waals surface area contributed by atoms with Crippen molar-refractivity contribution >= 4 is 11.3 Å². The molecule has 122 valence electrons. The van der Waals surface area contributed by atoms with Crippen molar-refractivity contribution in [3.63, 3.8) is 0 Å². The van der Waals surface area contributed by atoms with Gasteiger partial charge in [0.05, 0.1) is 10.7 Å². The van der Waals surface area contributed by atoms with Gasteiger partial charge in [0, 0.05) is 29.3 Å². The van der Waals surface area contributed by atoms with Crippen LogP contribution in [0.25, 0.3) is 0 Å². The topological polar surface area (TPSA) is 24.9 Å². The van der Waals surface area contributed by atoms with Crippen molar-refractivity contribution in [1.29, 1.82) is 0 Å². The minimum Gasteiger partial charge on any atom is -0.312 e. The number of nitrogens with one attached hydrogen (secondary N) is 1. The van der Waals surface area contributed by atoms with Crippen molar-refractivity contribution in [2.75, 3.05) is 6.54 Å². The van der Waals surface area contributed by atoms with E-state index >= 15 is 0 Å². The largest absolute Gasteiger partial charge is 0.312 e. The van der Waals surface area contributed by atoms with E-state index in [1.54, 1.807) is 0 Å². The van der Waals surface area contributed by atoms with Crippen molar-refractivity contribution in [1.82, 2.24) is 10.3 Å². The van der Waals surface area contributed by atoms with Gasteiger partial charge in [0.15, 0.2) is 0 Å². The normalized spacial score (nSPS) is 16.0. The average Bonchev–Trinajstić information content (AvgIpc) is 2.74. The summed E-state index contributed by atoms with van der Waals surface area (Å²) in [5.41, 5.74) is 1.84. The summed E-state index contributed by atoms with van der Waals surface area (Å²) in [6, 6.07) is 0. The van der Waals surface area contributed by atoms with Crippen LogP contribution in [0.15, 0.2) is 5.38 Å². The van der Waals surface area contributed by atoms with Crippen LogP contribution in [0.1, 0.15) is 78.9 Å². The third kappa shape index (κ3) is 6.48. The van der Waals surface area contributed by atoms with Gasteiger partial charge in [-0.2, -0.15) is 0 Å². The first-order valence-corrected chi connectivity index (χ1v) is 9.03. The van der Waals surface area contributed by atoms with Crippen molar-refractivity contribution in [2.45, 2.75) is 85.6 Å². The van der Waals surface area contributed by atoms with Crippen LogP contribution in [0.4, 0.5) is 0 Å². The molecule has 0 radical (unpaired) electrons. The van der Waals surface area contributed by atoms with E-state index in [1.807, 2.05) is 11.3 Å². The smallest absolute Gasteiger partial charge is 0.0934 e. The molecule has 0 aromatic carbocycles. The van der Waals surface area contributed by atoms with Gasteiger partial charge in [-0.15, -0.1) is 11.3 Å². The maximum atomic E-state index is 4.88. The molecule has 21 heavy (non-hydrogen) atoms. The molecule has 1 rings (SSSR count). The van der Waals surface area contributed by atoms with Gasteiger partial charge in [-0.1, -0.05) is 41.0 Å². The Hall–Kier alpha value is -0.410. The van der Waals surface area contributed by atoms with E-state index in [2.05, 4.69) is 66.1 Å². The lowest BCUT2D eigenvalue weighted by Gasteiger charge is -2.33. The Labute approximate surface area is 135 Å². The Morgan fingerprint density at radius 3 is 2.14 bits per heavy atom. The van der Waals surface area contributed by atoms with Crippen LogP contribution >= 0.6 is 11.3 Å². The van der Waals surface area contributed by atoms with Crippen LogP contribution in [0, 0.1) is 5.41 Å². The first-order chi connectivity index (χ1) is 9.45. The zero-order chi connectivity index (χ0) is 16.3. The standard InChI is InChI=1S/C18H34N2S/c1-9-10-18(8,13-19-17(5,6)7)11-15-20-14(12-21-15)16(2,3)4/h12,19H,9-11,13H2,1-8H3. The van der Waals surface area contributed by atoms with Gasteiger partial charge >= 0.3 is 0 Å². The highest BCUT2D eigenvalue weighted by Crippen LogP contribution is 2.31. The Morgan fingerprint density at radius 2 is 1.71 bits per heavy atom. The summed E-state index contributed by atoms with van der Waals surface area (Å²) in [6.07, 6.45) is 3.53. The molecule has 2 nitrogen and oxygen atoms in total. The van der Waals surface area contributed by atoms with Gasteiger partial charge in [0.25, 0.3) is 0 Å². The molecule has 0 aliphatic rings. The molecule has 0 saturated heterocycles. The molecule has 1 heterocycles. The summed E-state index contributed by atoms with van der Waals surface area (Å²) in [4.78, 5) is 4.88. The lowest BCUT2D eigenvalue weighted by molar-refractivity contribution is 0.243. The Bertz CT molecular complexity index is 437. The predicted molar refractivity (Wildman–Crippen MR) is 95.3 cm³/mol. The molecule has 1 aromatic heterocycles. The molecule has 1 aromatic rings. The van der Waals surface area contributed by atoms with Crippen molar-refractivity contribution in [3.8, 4) is 0 Å². The van der Waals surface area contributed by atoms with Crippen LogP contribution in [-0.4, -0.2) is 17.1 Å². The van der Waals surface area contributed by atoms with Gasteiger partial charge in [-0.25, -0.2) is 4.98 Å². The molecule has 1 N–H and O–H groups in total. The van der Waals surface area contributed by atoms with E-state index in [1.165, 1.54) is 23.5 Å². The summed E-state index contributed by atoms with van der Waals surface area (Å²) < 4.78 is 0. The second-order valence-corrected chi connectivity index (χ2v) is 9.66. The molecule has 0 bridgehead atoms. The first-order valence-electron chi connectivity index (χ1n) is 8.15. The van der Waals surface area contributed by atoms with E-state index in [4.69, 9.17) is 4.98 Å². The van der Waals surface area contributed by atoms with E-state index < -0.39 is 0 Å². The van der Waals surface area contributed by atoms with Gasteiger partial charge in [0.1, 0.15) is 0 Å². The number of nitrogens with zero attached hydrogens (tertiary/aromatic N) is 1. The molecule has 1 unspecified atom stereocenters. The minimum atomic E-state index is 0.152. The third-order valence-corrected chi connectivity index (χ3v) is 4.65. The summed E-state index contributed by atoms with van der Waals surface area (Å²) in [5, 5.41) is 7.20. The molecule has 0 aliphatic heterocycles. The highest BCUT2D eigenvalue weighted by molar-refractivity contribution is 7.09. The molecule has 3 heteroatoms. The monoisotopic (exact) mass is 310 g/mol. The van der Waals surface area contributed by atoms with Crippen molar-refractivity contribution in [3.05, 3.63) is 16.1 Å². The molecule has 0 amide bonds. The van der Waals surface area contributed by atoms with Crippen LogP contribution < -0.4 is 5.32 Å². The average molecular weight is 311 g/mol. The van der Waals surface area contributed by atoms with Gasteiger partial charge in [-0.05, 0) is 32.6 Å². The first kappa shape index (κ1) is 18.6. The molecular formula is C18H34N2S. The van der Waals surface area contributed by atoms with E-state index in [-0.39, 0.29) is 16.4 Å². The number of aromatic nitrogens is 1. The second-order valence-electron chi connectivity index (χ2n) is 8.72. The van der Waals surface area contributed by atoms with Gasteiger partial charge in [-0.3, -0.25) is 0 Å². The van der Waals surface area contributed by atoms with E-state index in [9.17, 15) is 0 Å². The molecular weight excluding hydrogens is 276 g/mol. The number of thiazole rings is 1. The van der Waals surface area contributed by atoms with Gasteiger partial charge < -0.3 is 5.32 Å². The highest BCUT2D eigenvalue weighted by Gasteiger charge is 2.28. The molecule has 0 spiro atoms. The van der Waals surface area contributed by atoms with Crippen molar-refractivity contribution in [2.24, 2.45) is 5.41 Å². The van der Waals surface area contributed by atoms with Crippen LogP contribution in [0.5, 0.6) is 0 Å². The SMILES string of the molecule is CCCC(C)(CNC(C)(C)C)Cc1nc(C(C)(C)C)cs1. The molecule has 0 saturated carbocycles. The molecule has 0 aliphatic carbocycles. The summed E-state index contributed by atoms with van der Waals surface area (Å²) in [6.45, 7) is 19.1. The second kappa shape index (κ2) is 6.78. The highest BCUT2D eigenvalue weighted by atomic mass is 32.1. The maximum absolute atomic E-state index is 4.88. The Balaban J connectivity index is 2.80. The van der Waals surface area contributed by atoms with Crippen LogP contribution in [0.2, 0.25) is 0 Å². The van der Waals surface area contributed by atoms with Gasteiger partial charge in [0.2, 0.25) is 0 Å². The number of hydrogen-bond acceptors (Lipinski definition) is 3. The fraction of sp³-hybridized carbons (Fsp3) is 0.833. The maximum Gasteiger partial charge on any atom is 0.0934 e. The van der Waals surface area contributed by atoms with E-state index in [0.717, 1.165) is 13.0 Å². The summed E-state index contributed by atoms with van der Waals surface area (Å²) in [5.74, 6) is 0. The Kier molecular flexibility index (Phi) is 6.02. The molecule has 0 fully saturated rings. The minimum absolute atomic E-state index is 0.152. The quantitative estimate of drug-likeness (QED) is 0.783. The fourth-order valence-electron chi connectivity index (χ4n) is 2.42. The lowest BCUT2D eigenvalue weighted by Crippen LogP contribution is -2.43. The predicted octanol–water partition coefficient (Wildman–Crippen LogP) is 5.18. The number of rotatable bonds is 6.